The lowest BCUT2D eigenvalue weighted by atomic mass is 10.1. The van der Waals surface area contributed by atoms with Crippen LogP contribution in [0.15, 0.2) is 80.6 Å². The van der Waals surface area contributed by atoms with Crippen LogP contribution in [0.3, 0.4) is 0 Å². The first kappa shape index (κ1) is 21.5. The number of methoxy groups -OCH3 is 1. The molecule has 1 amide bonds. The summed E-state index contributed by atoms with van der Waals surface area (Å²) in [6.07, 6.45) is 1.63. The van der Waals surface area contributed by atoms with Gasteiger partial charge in [0.05, 0.1) is 23.5 Å². The van der Waals surface area contributed by atoms with Crippen LogP contribution < -0.4 is 10.2 Å². The first-order valence-electron chi connectivity index (χ1n) is 9.36. The summed E-state index contributed by atoms with van der Waals surface area (Å²) in [5, 5.41) is 4.09. The van der Waals surface area contributed by atoms with Crippen LogP contribution in [-0.4, -0.2) is 24.2 Å². The van der Waals surface area contributed by atoms with E-state index in [-0.39, 0.29) is 5.91 Å². The number of carbonyl (C=O) groups excluding carboxylic acids is 1. The van der Waals surface area contributed by atoms with E-state index in [4.69, 9.17) is 4.74 Å². The van der Waals surface area contributed by atoms with Gasteiger partial charge in [-0.1, -0.05) is 39.8 Å². The quantitative estimate of drug-likeness (QED) is 0.184. The van der Waals surface area contributed by atoms with Crippen LogP contribution in [0.5, 0.6) is 5.75 Å². The van der Waals surface area contributed by atoms with E-state index >= 15 is 0 Å². The maximum absolute atomic E-state index is 12.2. The van der Waals surface area contributed by atoms with E-state index in [1.54, 1.807) is 48.6 Å². The Balaban J connectivity index is 1.43. The molecule has 0 radical (unpaired) electrons. The Morgan fingerprint density at radius 2 is 2.00 bits per heavy atom. The molecule has 0 aliphatic carbocycles. The number of amides is 1. The number of nitrogens with zero attached hydrogens (tertiary/aromatic N) is 2. The minimum absolute atomic E-state index is 0.260. The molecule has 0 atom stereocenters. The van der Waals surface area contributed by atoms with Crippen molar-refractivity contribution in [2.75, 3.05) is 7.11 Å². The number of thioether (sulfide) groups is 1. The molecule has 8 heteroatoms. The van der Waals surface area contributed by atoms with Crippen molar-refractivity contribution in [2.45, 2.75) is 10.1 Å². The van der Waals surface area contributed by atoms with E-state index in [0.29, 0.717) is 5.56 Å². The lowest BCUT2D eigenvalue weighted by Crippen LogP contribution is -2.17. The minimum Gasteiger partial charge on any atom is -0.496 e. The maximum Gasteiger partial charge on any atom is 0.271 e. The second kappa shape index (κ2) is 10.1. The monoisotopic (exact) mass is 511 g/mol. The van der Waals surface area contributed by atoms with Gasteiger partial charge in [0.15, 0.2) is 4.34 Å². The largest absolute Gasteiger partial charge is 0.496 e. The zero-order valence-corrected chi connectivity index (χ0v) is 19.8. The highest BCUT2D eigenvalue weighted by Crippen LogP contribution is 2.33. The van der Waals surface area contributed by atoms with Crippen LogP contribution >= 0.6 is 39.0 Å². The van der Waals surface area contributed by atoms with Gasteiger partial charge in [-0.05, 0) is 60.2 Å². The molecule has 4 rings (SSSR count). The summed E-state index contributed by atoms with van der Waals surface area (Å²) in [5.74, 6) is 1.27. The summed E-state index contributed by atoms with van der Waals surface area (Å²) >= 11 is 6.71. The van der Waals surface area contributed by atoms with Crippen molar-refractivity contribution in [3.63, 3.8) is 0 Å². The Labute approximate surface area is 196 Å². The summed E-state index contributed by atoms with van der Waals surface area (Å²) in [6, 6.07) is 21.1. The van der Waals surface area contributed by atoms with Crippen LogP contribution in [0.1, 0.15) is 21.5 Å². The second-order valence-corrected chi connectivity index (χ2v) is 9.68. The van der Waals surface area contributed by atoms with Crippen molar-refractivity contribution in [3.8, 4) is 5.75 Å². The molecule has 0 spiro atoms. The fourth-order valence-electron chi connectivity index (χ4n) is 2.88. The van der Waals surface area contributed by atoms with Gasteiger partial charge >= 0.3 is 0 Å². The highest BCUT2D eigenvalue weighted by molar-refractivity contribution is 9.10. The van der Waals surface area contributed by atoms with Crippen molar-refractivity contribution >= 4 is 61.4 Å². The number of aromatic nitrogens is 1. The van der Waals surface area contributed by atoms with Gasteiger partial charge in [0.25, 0.3) is 5.91 Å². The van der Waals surface area contributed by atoms with Crippen LogP contribution in [-0.2, 0) is 5.75 Å². The lowest BCUT2D eigenvalue weighted by Gasteiger charge is -2.08. The highest BCUT2D eigenvalue weighted by atomic mass is 79.9. The zero-order valence-electron chi connectivity index (χ0n) is 16.5. The summed E-state index contributed by atoms with van der Waals surface area (Å²) in [4.78, 5) is 16.9. The topological polar surface area (TPSA) is 63.6 Å². The van der Waals surface area contributed by atoms with E-state index in [2.05, 4.69) is 37.5 Å². The van der Waals surface area contributed by atoms with Crippen molar-refractivity contribution in [1.29, 1.82) is 0 Å². The molecule has 156 valence electrons. The van der Waals surface area contributed by atoms with E-state index < -0.39 is 0 Å². The average Bonchev–Trinajstić information content (AvgIpc) is 3.21. The third-order valence-corrected chi connectivity index (χ3v) is 7.17. The molecule has 1 N–H and O–H groups in total. The number of para-hydroxylation sites is 1. The SMILES string of the molecule is COc1ccc(/C=N\NC(=O)c2ccc(Br)cc2)cc1CSc1nc2ccccc2s1. The number of carbonyl (C=O) groups is 1. The molecule has 0 saturated heterocycles. The first-order valence-corrected chi connectivity index (χ1v) is 12.0. The van der Waals surface area contributed by atoms with Crippen LogP contribution in [0, 0.1) is 0 Å². The van der Waals surface area contributed by atoms with Crippen molar-refractivity contribution in [3.05, 3.63) is 87.9 Å². The standard InChI is InChI=1S/C23H18BrN3O2S2/c1-29-20-11-6-15(13-25-27-22(28)16-7-9-18(24)10-8-16)12-17(20)14-30-23-26-19-4-2-3-5-21(19)31-23/h2-13H,14H2,1H3,(H,27,28)/b25-13-. The van der Waals surface area contributed by atoms with Crippen molar-refractivity contribution in [2.24, 2.45) is 5.10 Å². The van der Waals surface area contributed by atoms with Crippen LogP contribution in [0.25, 0.3) is 10.2 Å². The fourth-order valence-corrected chi connectivity index (χ4v) is 5.19. The summed E-state index contributed by atoms with van der Waals surface area (Å²) in [7, 11) is 1.66. The third kappa shape index (κ3) is 5.52. The van der Waals surface area contributed by atoms with Crippen LogP contribution in [0.4, 0.5) is 0 Å². The highest BCUT2D eigenvalue weighted by Gasteiger charge is 2.09. The Morgan fingerprint density at radius 3 is 2.77 bits per heavy atom. The molecule has 0 saturated carbocycles. The molecule has 1 aromatic heterocycles. The number of hydrogen-bond donors (Lipinski definition) is 1. The van der Waals surface area contributed by atoms with Gasteiger partial charge in [-0.2, -0.15) is 5.10 Å². The molecule has 1 heterocycles. The number of nitrogens with one attached hydrogen (secondary N) is 1. The molecular weight excluding hydrogens is 494 g/mol. The number of rotatable bonds is 7. The number of hydrogen-bond acceptors (Lipinski definition) is 6. The average molecular weight is 512 g/mol. The zero-order chi connectivity index (χ0) is 21.6. The third-order valence-electron chi connectivity index (χ3n) is 4.42. The molecule has 0 aliphatic rings. The molecule has 5 nitrogen and oxygen atoms in total. The normalized spacial score (nSPS) is 11.2. The van der Waals surface area contributed by atoms with Gasteiger partial charge in [0.1, 0.15) is 5.75 Å². The first-order chi connectivity index (χ1) is 15.1. The maximum atomic E-state index is 12.2. The van der Waals surface area contributed by atoms with Gasteiger partial charge in [0.2, 0.25) is 0 Å². The van der Waals surface area contributed by atoms with Gasteiger partial charge in [-0.15, -0.1) is 11.3 Å². The predicted molar refractivity (Wildman–Crippen MR) is 131 cm³/mol. The smallest absolute Gasteiger partial charge is 0.271 e. The molecule has 0 fully saturated rings. The Bertz CT molecular complexity index is 1210. The molecule has 0 bridgehead atoms. The molecule has 0 aliphatic heterocycles. The van der Waals surface area contributed by atoms with Crippen molar-refractivity contribution < 1.29 is 9.53 Å². The van der Waals surface area contributed by atoms with E-state index in [0.717, 1.165) is 37.0 Å². The Kier molecular flexibility index (Phi) is 7.01. The molecule has 3 aromatic carbocycles. The van der Waals surface area contributed by atoms with Crippen molar-refractivity contribution in [1.82, 2.24) is 10.4 Å². The van der Waals surface area contributed by atoms with Gasteiger partial charge < -0.3 is 4.74 Å². The fraction of sp³-hybridized carbons (Fsp3) is 0.0870. The summed E-state index contributed by atoms with van der Waals surface area (Å²) < 4.78 is 8.63. The number of halogens is 1. The van der Waals surface area contributed by atoms with Gasteiger partial charge in [0, 0.05) is 21.4 Å². The molecular formula is C23H18BrN3O2S2. The van der Waals surface area contributed by atoms with Crippen LogP contribution in [0.2, 0.25) is 0 Å². The number of fused-ring (bicyclic) bond motifs is 1. The number of ether oxygens (including phenoxy) is 1. The van der Waals surface area contributed by atoms with Gasteiger partial charge in [-0.25, -0.2) is 10.4 Å². The number of thiazole rings is 1. The van der Waals surface area contributed by atoms with E-state index in [1.165, 1.54) is 4.70 Å². The Hall–Kier alpha value is -2.68. The summed E-state index contributed by atoms with van der Waals surface area (Å²) in [5.41, 5.74) is 6.03. The molecule has 31 heavy (non-hydrogen) atoms. The van der Waals surface area contributed by atoms with Gasteiger partial charge in [-0.3, -0.25) is 4.79 Å². The lowest BCUT2D eigenvalue weighted by molar-refractivity contribution is 0.0955. The van der Waals surface area contributed by atoms with E-state index in [9.17, 15) is 4.79 Å². The Morgan fingerprint density at radius 1 is 1.19 bits per heavy atom. The minimum atomic E-state index is -0.260. The predicted octanol–water partition coefficient (Wildman–Crippen LogP) is 6.12. The molecule has 0 unspecified atom stereocenters. The molecule has 4 aromatic rings. The second-order valence-electron chi connectivity index (χ2n) is 6.51. The summed E-state index contributed by atoms with van der Waals surface area (Å²) in [6.45, 7) is 0. The number of benzene rings is 3. The van der Waals surface area contributed by atoms with E-state index in [1.807, 2.05) is 48.5 Å². The number of hydrazone groups is 1.